The molecule has 1 N–H and O–H groups in total. The van der Waals surface area contributed by atoms with Gasteiger partial charge in [0.05, 0.1) is 6.61 Å². The Morgan fingerprint density at radius 3 is 3.05 bits per heavy atom. The van der Waals surface area contributed by atoms with Crippen molar-refractivity contribution in [3.8, 4) is 0 Å². The Balaban J connectivity index is 2.16. The fraction of sp³-hybridized carbons (Fsp3) is 0.231. The second-order valence-corrected chi connectivity index (χ2v) is 5.51. The maximum atomic E-state index is 11.5. The van der Waals surface area contributed by atoms with Crippen LogP contribution < -0.4 is 5.32 Å². The molecule has 2 rings (SSSR count). The normalized spacial score (nSPS) is 10.3. The van der Waals surface area contributed by atoms with Gasteiger partial charge in [0.2, 0.25) is 0 Å². The van der Waals surface area contributed by atoms with E-state index in [1.807, 2.05) is 25.1 Å². The molecular formula is C13H13BrN2O2S. The minimum absolute atomic E-state index is 0.335. The summed E-state index contributed by atoms with van der Waals surface area (Å²) >= 11 is 4.85. The standard InChI is InChI=1S/C13H13BrN2O2S/c1-3-18-12(17)11-7-19-13(16-11)15-10-6-4-5-9(14)8(10)2/h4-7H,3H2,1-2H3,(H,15,16). The Hall–Kier alpha value is -1.40. The molecule has 19 heavy (non-hydrogen) atoms. The van der Waals surface area contributed by atoms with Gasteiger partial charge in [-0.2, -0.15) is 0 Å². The highest BCUT2D eigenvalue weighted by atomic mass is 79.9. The lowest BCUT2D eigenvalue weighted by Crippen LogP contribution is -2.05. The summed E-state index contributed by atoms with van der Waals surface area (Å²) in [6, 6.07) is 5.89. The van der Waals surface area contributed by atoms with Crippen LogP contribution in [0.1, 0.15) is 23.0 Å². The van der Waals surface area contributed by atoms with Crippen molar-refractivity contribution < 1.29 is 9.53 Å². The molecule has 0 saturated heterocycles. The number of aromatic nitrogens is 1. The number of esters is 1. The number of anilines is 2. The zero-order chi connectivity index (χ0) is 13.8. The van der Waals surface area contributed by atoms with Crippen LogP contribution in [0.4, 0.5) is 10.8 Å². The third-order valence-electron chi connectivity index (χ3n) is 2.50. The van der Waals surface area contributed by atoms with E-state index in [2.05, 4.69) is 26.2 Å². The van der Waals surface area contributed by atoms with Gasteiger partial charge in [-0.15, -0.1) is 11.3 Å². The molecule has 0 radical (unpaired) electrons. The molecule has 0 amide bonds. The molecule has 1 aromatic carbocycles. The first kappa shape index (κ1) is 14.0. The maximum Gasteiger partial charge on any atom is 0.357 e. The number of ether oxygens (including phenoxy) is 1. The van der Waals surface area contributed by atoms with Crippen molar-refractivity contribution in [1.82, 2.24) is 4.98 Å². The first-order valence-electron chi connectivity index (χ1n) is 5.76. The number of halogens is 1. The second kappa shape index (κ2) is 6.16. The topological polar surface area (TPSA) is 51.2 Å². The van der Waals surface area contributed by atoms with Gasteiger partial charge in [-0.1, -0.05) is 22.0 Å². The van der Waals surface area contributed by atoms with Crippen LogP contribution in [0.5, 0.6) is 0 Å². The van der Waals surface area contributed by atoms with Crippen LogP contribution in [0.2, 0.25) is 0 Å². The van der Waals surface area contributed by atoms with Gasteiger partial charge in [0.1, 0.15) is 0 Å². The molecule has 0 spiro atoms. The van der Waals surface area contributed by atoms with E-state index in [1.54, 1.807) is 12.3 Å². The van der Waals surface area contributed by atoms with Crippen LogP contribution >= 0.6 is 27.3 Å². The van der Waals surface area contributed by atoms with Gasteiger partial charge in [0.25, 0.3) is 0 Å². The average molecular weight is 341 g/mol. The van der Waals surface area contributed by atoms with Gasteiger partial charge in [-0.25, -0.2) is 9.78 Å². The van der Waals surface area contributed by atoms with E-state index in [4.69, 9.17) is 4.74 Å². The lowest BCUT2D eigenvalue weighted by Gasteiger charge is -2.07. The fourth-order valence-electron chi connectivity index (χ4n) is 1.49. The Morgan fingerprint density at radius 1 is 1.53 bits per heavy atom. The number of nitrogens with zero attached hydrogens (tertiary/aromatic N) is 1. The predicted octanol–water partition coefficient (Wildman–Crippen LogP) is 4.13. The minimum Gasteiger partial charge on any atom is -0.461 e. The quantitative estimate of drug-likeness (QED) is 0.850. The number of carbonyl (C=O) groups is 1. The average Bonchev–Trinajstić information content (AvgIpc) is 2.84. The second-order valence-electron chi connectivity index (χ2n) is 3.80. The molecule has 0 fully saturated rings. The van der Waals surface area contributed by atoms with Crippen LogP contribution in [0.15, 0.2) is 28.1 Å². The first-order valence-corrected chi connectivity index (χ1v) is 7.44. The van der Waals surface area contributed by atoms with Crippen LogP contribution in [0, 0.1) is 6.92 Å². The summed E-state index contributed by atoms with van der Waals surface area (Å²) in [6.45, 7) is 4.13. The van der Waals surface area contributed by atoms with E-state index in [9.17, 15) is 4.79 Å². The van der Waals surface area contributed by atoms with Crippen molar-refractivity contribution >= 4 is 44.1 Å². The third-order valence-corrected chi connectivity index (χ3v) is 4.11. The number of hydrogen-bond donors (Lipinski definition) is 1. The predicted molar refractivity (Wildman–Crippen MR) is 80.2 cm³/mol. The molecule has 0 bridgehead atoms. The fourth-order valence-corrected chi connectivity index (χ4v) is 2.55. The van der Waals surface area contributed by atoms with Crippen molar-refractivity contribution in [3.05, 3.63) is 39.3 Å². The van der Waals surface area contributed by atoms with Gasteiger partial charge in [-0.05, 0) is 31.5 Å². The van der Waals surface area contributed by atoms with Crippen LogP contribution in [-0.2, 0) is 4.74 Å². The highest BCUT2D eigenvalue weighted by Gasteiger charge is 2.12. The Bertz CT molecular complexity index is 598. The van der Waals surface area contributed by atoms with E-state index in [0.717, 1.165) is 15.7 Å². The van der Waals surface area contributed by atoms with Crippen LogP contribution in [0.25, 0.3) is 0 Å². The van der Waals surface area contributed by atoms with E-state index in [1.165, 1.54) is 11.3 Å². The number of rotatable bonds is 4. The first-order chi connectivity index (χ1) is 9.11. The summed E-state index contributed by atoms with van der Waals surface area (Å²) in [6.07, 6.45) is 0. The molecule has 0 saturated carbocycles. The molecule has 0 aliphatic carbocycles. The summed E-state index contributed by atoms with van der Waals surface area (Å²) in [4.78, 5) is 15.7. The SMILES string of the molecule is CCOC(=O)c1csc(Nc2cccc(Br)c2C)n1. The minimum atomic E-state index is -0.391. The molecule has 0 unspecified atom stereocenters. The third kappa shape index (κ3) is 3.33. The van der Waals surface area contributed by atoms with Crippen LogP contribution in [0.3, 0.4) is 0 Å². The molecular weight excluding hydrogens is 328 g/mol. The molecule has 0 aliphatic heterocycles. The molecule has 1 aromatic heterocycles. The number of hydrogen-bond acceptors (Lipinski definition) is 5. The highest BCUT2D eigenvalue weighted by molar-refractivity contribution is 9.10. The van der Waals surface area contributed by atoms with E-state index in [0.29, 0.717) is 17.4 Å². The lowest BCUT2D eigenvalue weighted by molar-refractivity contribution is 0.0520. The summed E-state index contributed by atoms with van der Waals surface area (Å²) < 4.78 is 5.93. The van der Waals surface area contributed by atoms with Gasteiger partial charge in [0.15, 0.2) is 10.8 Å². The van der Waals surface area contributed by atoms with Crippen LogP contribution in [-0.4, -0.2) is 17.6 Å². The van der Waals surface area contributed by atoms with Crippen molar-refractivity contribution in [3.63, 3.8) is 0 Å². The zero-order valence-electron chi connectivity index (χ0n) is 10.6. The Labute approximate surface area is 124 Å². The highest BCUT2D eigenvalue weighted by Crippen LogP contribution is 2.28. The van der Waals surface area contributed by atoms with Gasteiger partial charge in [-0.3, -0.25) is 0 Å². The van der Waals surface area contributed by atoms with E-state index in [-0.39, 0.29) is 0 Å². The summed E-state index contributed by atoms with van der Waals surface area (Å²) in [5.41, 5.74) is 2.39. The summed E-state index contributed by atoms with van der Waals surface area (Å²) in [5, 5.41) is 5.56. The number of carbonyl (C=O) groups excluding carboxylic acids is 1. The monoisotopic (exact) mass is 340 g/mol. The largest absolute Gasteiger partial charge is 0.461 e. The van der Waals surface area contributed by atoms with Gasteiger partial charge in [0, 0.05) is 15.5 Å². The Kier molecular flexibility index (Phi) is 4.55. The van der Waals surface area contributed by atoms with Gasteiger partial charge >= 0.3 is 5.97 Å². The molecule has 0 aliphatic rings. The molecule has 6 heteroatoms. The van der Waals surface area contributed by atoms with Crippen molar-refractivity contribution in [1.29, 1.82) is 0 Å². The van der Waals surface area contributed by atoms with Crippen molar-refractivity contribution in [2.45, 2.75) is 13.8 Å². The smallest absolute Gasteiger partial charge is 0.357 e. The molecule has 1 heterocycles. The zero-order valence-corrected chi connectivity index (χ0v) is 13.0. The molecule has 100 valence electrons. The molecule has 4 nitrogen and oxygen atoms in total. The number of thiazole rings is 1. The molecule has 0 atom stereocenters. The van der Waals surface area contributed by atoms with Crippen molar-refractivity contribution in [2.75, 3.05) is 11.9 Å². The summed E-state index contributed by atoms with van der Waals surface area (Å²) in [5.74, 6) is -0.391. The lowest BCUT2D eigenvalue weighted by atomic mass is 10.2. The summed E-state index contributed by atoms with van der Waals surface area (Å²) in [7, 11) is 0. The van der Waals surface area contributed by atoms with E-state index < -0.39 is 5.97 Å². The maximum absolute atomic E-state index is 11.5. The van der Waals surface area contributed by atoms with Gasteiger partial charge < -0.3 is 10.1 Å². The Morgan fingerprint density at radius 2 is 2.32 bits per heavy atom. The van der Waals surface area contributed by atoms with Crippen molar-refractivity contribution in [2.24, 2.45) is 0 Å². The van der Waals surface area contributed by atoms with E-state index >= 15 is 0 Å². The molecule has 2 aromatic rings. The number of nitrogens with one attached hydrogen (secondary N) is 1. The number of benzene rings is 1.